The average molecular weight is 299 g/mol. The second-order valence-electron chi connectivity index (χ2n) is 6.06. The first-order valence-electron chi connectivity index (χ1n) is 7.71. The topological polar surface area (TPSA) is 57.6 Å². The van der Waals surface area contributed by atoms with Crippen LogP contribution in [-0.4, -0.2) is 45.5 Å². The quantitative estimate of drug-likeness (QED) is 0.848. The molecule has 5 heteroatoms. The second kappa shape index (κ2) is 7.34. The highest BCUT2D eigenvalue weighted by atomic mass is 32.2. The van der Waals surface area contributed by atoms with E-state index in [1.54, 1.807) is 0 Å². The summed E-state index contributed by atoms with van der Waals surface area (Å²) in [4.78, 5) is 25.1. The summed E-state index contributed by atoms with van der Waals surface area (Å²) in [5, 5.41) is 8.75. The summed E-state index contributed by atoms with van der Waals surface area (Å²) in [6.45, 7) is 2.78. The first kappa shape index (κ1) is 15.7. The molecular weight excluding hydrogens is 274 g/mol. The molecule has 3 unspecified atom stereocenters. The molecule has 1 aliphatic carbocycles. The molecule has 1 saturated carbocycles. The molecule has 1 saturated heterocycles. The van der Waals surface area contributed by atoms with E-state index >= 15 is 0 Å². The first-order valence-corrected chi connectivity index (χ1v) is 8.75. The Balaban J connectivity index is 1.83. The molecule has 0 aromatic heterocycles. The lowest BCUT2D eigenvalue weighted by Crippen LogP contribution is -2.50. The molecule has 1 aliphatic heterocycles. The number of carboxylic acids is 1. The van der Waals surface area contributed by atoms with Gasteiger partial charge in [0.2, 0.25) is 5.91 Å². The highest BCUT2D eigenvalue weighted by molar-refractivity contribution is 8.00. The van der Waals surface area contributed by atoms with E-state index in [0.29, 0.717) is 17.7 Å². The summed E-state index contributed by atoms with van der Waals surface area (Å²) < 4.78 is 0. The number of nitrogens with zero attached hydrogens (tertiary/aromatic N) is 1. The SMILES string of the molecule is CC(CC(=O)O)SCC(=O)N1CCCC2CCCCC21. The van der Waals surface area contributed by atoms with E-state index in [1.807, 2.05) is 6.92 Å². The van der Waals surface area contributed by atoms with Crippen LogP contribution < -0.4 is 0 Å². The average Bonchev–Trinajstić information content (AvgIpc) is 2.43. The zero-order chi connectivity index (χ0) is 14.5. The highest BCUT2D eigenvalue weighted by Gasteiger charge is 2.35. The number of thioether (sulfide) groups is 1. The standard InChI is InChI=1S/C15H25NO3S/c1-11(9-15(18)19)20-10-14(17)16-8-4-6-12-5-2-3-7-13(12)16/h11-13H,2-10H2,1H3,(H,18,19). The summed E-state index contributed by atoms with van der Waals surface area (Å²) in [5.41, 5.74) is 0. The van der Waals surface area contributed by atoms with Gasteiger partial charge in [-0.3, -0.25) is 9.59 Å². The lowest BCUT2D eigenvalue weighted by molar-refractivity contribution is -0.137. The third-order valence-corrected chi connectivity index (χ3v) is 5.67. The van der Waals surface area contributed by atoms with Gasteiger partial charge in [-0.25, -0.2) is 0 Å². The predicted molar refractivity (Wildman–Crippen MR) is 80.9 cm³/mol. The Labute approximate surface area is 125 Å². The summed E-state index contributed by atoms with van der Waals surface area (Å²) in [5.74, 6) is 0.562. The molecule has 4 nitrogen and oxygen atoms in total. The van der Waals surface area contributed by atoms with Crippen molar-refractivity contribution >= 4 is 23.6 Å². The fourth-order valence-electron chi connectivity index (χ4n) is 3.54. The van der Waals surface area contributed by atoms with Crippen LogP contribution in [-0.2, 0) is 9.59 Å². The van der Waals surface area contributed by atoms with Gasteiger partial charge in [0.15, 0.2) is 0 Å². The number of hydrogen-bond donors (Lipinski definition) is 1. The van der Waals surface area contributed by atoms with Crippen molar-refractivity contribution in [3.8, 4) is 0 Å². The lowest BCUT2D eigenvalue weighted by Gasteiger charge is -2.44. The summed E-state index contributed by atoms with van der Waals surface area (Å²) in [6.07, 6.45) is 7.52. The third kappa shape index (κ3) is 4.14. The van der Waals surface area contributed by atoms with Crippen LogP contribution in [0.15, 0.2) is 0 Å². The Morgan fingerprint density at radius 2 is 1.95 bits per heavy atom. The Morgan fingerprint density at radius 3 is 2.70 bits per heavy atom. The minimum Gasteiger partial charge on any atom is -0.481 e. The number of amides is 1. The normalized spacial score (nSPS) is 27.8. The number of aliphatic carboxylic acids is 1. The van der Waals surface area contributed by atoms with Gasteiger partial charge in [0, 0.05) is 17.8 Å². The van der Waals surface area contributed by atoms with Crippen molar-refractivity contribution in [1.29, 1.82) is 0 Å². The predicted octanol–water partition coefficient (Wildman–Crippen LogP) is 2.76. The van der Waals surface area contributed by atoms with Crippen LogP contribution in [0.4, 0.5) is 0 Å². The summed E-state index contributed by atoms with van der Waals surface area (Å²) in [6, 6.07) is 0.459. The molecule has 3 atom stereocenters. The molecule has 1 N–H and O–H groups in total. The molecule has 1 heterocycles. The Morgan fingerprint density at radius 1 is 1.25 bits per heavy atom. The van der Waals surface area contributed by atoms with Crippen molar-refractivity contribution < 1.29 is 14.7 Å². The third-order valence-electron chi connectivity index (χ3n) is 4.52. The van der Waals surface area contributed by atoms with Crippen LogP contribution in [0.1, 0.15) is 51.9 Å². The summed E-state index contributed by atoms with van der Waals surface area (Å²) >= 11 is 1.47. The highest BCUT2D eigenvalue weighted by Crippen LogP contribution is 2.35. The monoisotopic (exact) mass is 299 g/mol. The number of piperidine rings is 1. The van der Waals surface area contributed by atoms with E-state index in [-0.39, 0.29) is 17.6 Å². The molecule has 20 heavy (non-hydrogen) atoms. The molecule has 0 aromatic rings. The molecule has 114 valence electrons. The zero-order valence-electron chi connectivity index (χ0n) is 12.2. The molecule has 1 amide bonds. The van der Waals surface area contributed by atoms with E-state index in [9.17, 15) is 9.59 Å². The van der Waals surface area contributed by atoms with Crippen molar-refractivity contribution in [3.05, 3.63) is 0 Å². The van der Waals surface area contributed by atoms with E-state index < -0.39 is 5.97 Å². The van der Waals surface area contributed by atoms with Crippen LogP contribution in [0.5, 0.6) is 0 Å². The molecular formula is C15H25NO3S. The van der Waals surface area contributed by atoms with Crippen molar-refractivity contribution in [2.24, 2.45) is 5.92 Å². The second-order valence-corrected chi connectivity index (χ2v) is 7.49. The largest absolute Gasteiger partial charge is 0.481 e. The van der Waals surface area contributed by atoms with Gasteiger partial charge in [-0.1, -0.05) is 19.8 Å². The van der Waals surface area contributed by atoms with Crippen molar-refractivity contribution in [1.82, 2.24) is 4.90 Å². The number of rotatable bonds is 5. The zero-order valence-corrected chi connectivity index (χ0v) is 13.0. The van der Waals surface area contributed by atoms with Gasteiger partial charge in [0.1, 0.15) is 0 Å². The maximum atomic E-state index is 12.4. The lowest BCUT2D eigenvalue weighted by atomic mass is 9.78. The number of hydrogen-bond acceptors (Lipinski definition) is 3. The molecule has 2 aliphatic rings. The number of carbonyl (C=O) groups excluding carboxylic acids is 1. The minimum absolute atomic E-state index is 0.00314. The van der Waals surface area contributed by atoms with E-state index in [1.165, 1.54) is 37.4 Å². The molecule has 0 spiro atoms. The fourth-order valence-corrected chi connectivity index (χ4v) is 4.39. The molecule has 0 bridgehead atoms. The molecule has 2 rings (SSSR count). The van der Waals surface area contributed by atoms with Gasteiger partial charge < -0.3 is 10.0 Å². The van der Waals surface area contributed by atoms with Gasteiger partial charge in [-0.05, 0) is 31.6 Å². The van der Waals surface area contributed by atoms with Gasteiger partial charge in [0.25, 0.3) is 0 Å². The van der Waals surface area contributed by atoms with Crippen LogP contribution in [0.3, 0.4) is 0 Å². The van der Waals surface area contributed by atoms with Crippen molar-refractivity contribution in [3.63, 3.8) is 0 Å². The van der Waals surface area contributed by atoms with Crippen LogP contribution in [0.2, 0.25) is 0 Å². The summed E-state index contributed by atoms with van der Waals surface area (Å²) in [7, 11) is 0. The van der Waals surface area contributed by atoms with Gasteiger partial charge in [-0.15, -0.1) is 11.8 Å². The van der Waals surface area contributed by atoms with Gasteiger partial charge >= 0.3 is 5.97 Å². The Bertz CT molecular complexity index is 359. The number of carboxylic acid groups (broad SMARTS) is 1. The van der Waals surface area contributed by atoms with Crippen LogP contribution in [0.25, 0.3) is 0 Å². The smallest absolute Gasteiger partial charge is 0.304 e. The van der Waals surface area contributed by atoms with Crippen LogP contribution in [0, 0.1) is 5.92 Å². The maximum absolute atomic E-state index is 12.4. The first-order chi connectivity index (χ1) is 9.58. The maximum Gasteiger partial charge on any atom is 0.304 e. The van der Waals surface area contributed by atoms with Crippen molar-refractivity contribution in [2.75, 3.05) is 12.3 Å². The molecule has 0 aromatic carbocycles. The van der Waals surface area contributed by atoms with Gasteiger partial charge in [-0.2, -0.15) is 0 Å². The Hall–Kier alpha value is -0.710. The Kier molecular flexibility index (Phi) is 5.75. The fraction of sp³-hybridized carbons (Fsp3) is 0.867. The number of carbonyl (C=O) groups is 2. The van der Waals surface area contributed by atoms with Gasteiger partial charge in [0.05, 0.1) is 12.2 Å². The molecule has 0 radical (unpaired) electrons. The number of likely N-dealkylation sites (tertiary alicyclic amines) is 1. The van der Waals surface area contributed by atoms with E-state index in [2.05, 4.69) is 4.90 Å². The van der Waals surface area contributed by atoms with Crippen LogP contribution >= 0.6 is 11.8 Å². The molecule has 2 fully saturated rings. The van der Waals surface area contributed by atoms with Crippen molar-refractivity contribution in [2.45, 2.75) is 63.2 Å². The van der Waals surface area contributed by atoms with E-state index in [0.717, 1.165) is 19.4 Å². The number of fused-ring (bicyclic) bond motifs is 1. The minimum atomic E-state index is -0.789. The van der Waals surface area contributed by atoms with E-state index in [4.69, 9.17) is 5.11 Å².